The summed E-state index contributed by atoms with van der Waals surface area (Å²) in [5.74, 6) is -0.124. The molecule has 0 heterocycles. The van der Waals surface area contributed by atoms with Crippen molar-refractivity contribution in [1.82, 2.24) is 16.0 Å². The molecule has 0 aliphatic heterocycles. The average Bonchev–Trinajstić information content (AvgIpc) is 3.27. The summed E-state index contributed by atoms with van der Waals surface area (Å²) in [5, 5.41) is 26.6. The molecule has 0 aromatic heterocycles. The molecule has 0 aliphatic carbocycles. The summed E-state index contributed by atoms with van der Waals surface area (Å²) in [5.41, 5.74) is -0.688. The molecule has 0 atom stereocenters. The predicted octanol–water partition coefficient (Wildman–Crippen LogP) is 4.60. The molecular weight excluding hydrogens is 997 g/mol. The van der Waals surface area contributed by atoms with Crippen molar-refractivity contribution in [1.29, 1.82) is 0 Å². The second kappa shape index (κ2) is 34.9. The molecule has 71 heavy (non-hydrogen) atoms. The Morgan fingerprint density at radius 2 is 0.831 bits per heavy atom. The van der Waals surface area contributed by atoms with E-state index in [-0.39, 0.29) is 73.8 Å². The maximum Gasteiger partial charge on any atom is 1.00 e. The third-order valence-electron chi connectivity index (χ3n) is 7.41. The summed E-state index contributed by atoms with van der Waals surface area (Å²) in [6.07, 6.45) is -1.39. The van der Waals surface area contributed by atoms with Gasteiger partial charge in [-0.05, 0) is 117 Å². The Kier molecular flexibility index (Phi) is 33.9. The standard InChI is InChI=1S/C16H23NO6.C15H21NO6.C9H10O4.C7H14BrNO2.Li.H2O/c1-16(2,3)23-15(19)17-8-9-22-12-7-6-11(14(18)21-5)10-13(12)20-4;1-15(2,3)22-14(19)16-7-8-21-11-6-5-10(13(17)18)9-12(11)20-4;1-12-8-5-6(9(11)13-2)3-4-7(8)10;1-7(2,3)11-6(10)9-5-4-8;;/h6-7,10H,8-9H2,1-5H3,(H,17,19);5-6,9H,7-8H2,1-4H3,(H,16,19)(H,17,18);3-5,10H,1-2H3;4-5H2,1-3H3,(H,9,10);;1H2/q;;;;+1;/p-1. The average molecular weight is 1070 g/mol. The molecule has 394 valence electrons. The van der Waals surface area contributed by atoms with E-state index in [0.29, 0.717) is 40.7 Å². The number of hydrogen-bond acceptors (Lipinski definition) is 18. The van der Waals surface area contributed by atoms with Crippen LogP contribution in [0.4, 0.5) is 14.4 Å². The number of halogens is 1. The van der Waals surface area contributed by atoms with Crippen molar-refractivity contribution in [3.05, 3.63) is 71.3 Å². The van der Waals surface area contributed by atoms with Gasteiger partial charge in [0.1, 0.15) is 30.0 Å². The van der Waals surface area contributed by atoms with E-state index in [1.54, 1.807) is 53.7 Å². The topological polar surface area (TPSA) is 301 Å². The fourth-order valence-electron chi connectivity index (χ4n) is 4.59. The molecule has 0 bridgehead atoms. The Hall–Kier alpha value is -6.28. The number of benzene rings is 3. The number of carboxylic acid groups (broad SMARTS) is 1. The van der Waals surface area contributed by atoms with Crippen molar-refractivity contribution < 1.29 is 111 Å². The maximum atomic E-state index is 11.5. The van der Waals surface area contributed by atoms with Crippen LogP contribution in [0.15, 0.2) is 54.6 Å². The molecule has 0 saturated heterocycles. The van der Waals surface area contributed by atoms with Crippen LogP contribution in [0.5, 0.6) is 34.5 Å². The first kappa shape index (κ1) is 69.0. The van der Waals surface area contributed by atoms with E-state index in [9.17, 15) is 33.9 Å². The molecule has 0 radical (unpaired) electrons. The molecule has 0 unspecified atom stereocenters. The van der Waals surface area contributed by atoms with Crippen LogP contribution >= 0.6 is 15.9 Å². The van der Waals surface area contributed by atoms with Crippen LogP contribution in [-0.2, 0) is 23.7 Å². The quantitative estimate of drug-likeness (QED) is 0.0430. The number of amides is 3. The van der Waals surface area contributed by atoms with Crippen molar-refractivity contribution in [3.8, 4) is 34.5 Å². The van der Waals surface area contributed by atoms with Crippen LogP contribution in [0.1, 0.15) is 93.4 Å². The number of rotatable bonds is 16. The largest absolute Gasteiger partial charge is 1.00 e. The summed E-state index contributed by atoms with van der Waals surface area (Å²) >= 11 is 3.19. The molecular formula is C47H69BrLiN3O19. The number of alkyl halides is 1. The Balaban J connectivity index is -0.000000897. The van der Waals surface area contributed by atoms with E-state index in [4.69, 9.17) is 43.0 Å². The number of esters is 2. The van der Waals surface area contributed by atoms with Crippen LogP contribution in [0.25, 0.3) is 0 Å². The Morgan fingerprint density at radius 1 is 0.507 bits per heavy atom. The summed E-state index contributed by atoms with van der Waals surface area (Å²) in [6, 6.07) is 13.3. The number of aromatic hydroxyl groups is 1. The van der Waals surface area contributed by atoms with Gasteiger partial charge >= 0.3 is 55.0 Å². The molecule has 3 aromatic carbocycles. The molecule has 3 aromatic rings. The summed E-state index contributed by atoms with van der Waals surface area (Å²) < 4.78 is 50.4. The van der Waals surface area contributed by atoms with Crippen molar-refractivity contribution in [2.75, 3.05) is 73.7 Å². The van der Waals surface area contributed by atoms with Gasteiger partial charge in [-0.15, -0.1) is 0 Å². The minimum Gasteiger partial charge on any atom is -0.870 e. The first-order valence-electron chi connectivity index (χ1n) is 21.0. The smallest absolute Gasteiger partial charge is 0.870 e. The van der Waals surface area contributed by atoms with Crippen LogP contribution < -0.4 is 58.5 Å². The molecule has 0 aliphatic rings. The van der Waals surface area contributed by atoms with E-state index in [0.717, 1.165) is 5.33 Å². The van der Waals surface area contributed by atoms with E-state index in [1.165, 1.54) is 78.0 Å². The van der Waals surface area contributed by atoms with Gasteiger partial charge in [-0.2, -0.15) is 0 Å². The second-order valence-electron chi connectivity index (χ2n) is 16.6. The zero-order valence-corrected chi connectivity index (χ0v) is 44.8. The van der Waals surface area contributed by atoms with Crippen LogP contribution in [0, 0.1) is 0 Å². The van der Waals surface area contributed by atoms with Gasteiger partial charge in [-0.1, -0.05) is 15.9 Å². The number of alkyl carbamates (subject to hydrolysis) is 3. The van der Waals surface area contributed by atoms with Crippen molar-refractivity contribution in [2.24, 2.45) is 0 Å². The fraction of sp³-hybridized carbons (Fsp3) is 0.489. The zero-order chi connectivity index (χ0) is 53.0. The number of nitrogens with one attached hydrogen (secondary N) is 3. The first-order chi connectivity index (χ1) is 32.1. The molecule has 6 N–H and O–H groups in total. The number of phenols is 1. The molecule has 22 nitrogen and oxygen atoms in total. The minimum absolute atomic E-state index is 0. The Morgan fingerprint density at radius 3 is 1.15 bits per heavy atom. The number of phenolic OH excluding ortho intramolecular Hbond substituents is 1. The van der Waals surface area contributed by atoms with Crippen LogP contribution in [-0.4, -0.2) is 142 Å². The van der Waals surface area contributed by atoms with Gasteiger partial charge in [0, 0.05) is 11.9 Å². The zero-order valence-electron chi connectivity index (χ0n) is 43.2. The van der Waals surface area contributed by atoms with Crippen molar-refractivity contribution >= 4 is 52.1 Å². The number of carbonyl (C=O) groups excluding carboxylic acids is 5. The summed E-state index contributed by atoms with van der Waals surface area (Å²) in [7, 11) is 6.91. The van der Waals surface area contributed by atoms with Crippen molar-refractivity contribution in [3.63, 3.8) is 0 Å². The van der Waals surface area contributed by atoms with E-state index < -0.39 is 46.9 Å². The number of carboxylic acids is 1. The Labute approximate surface area is 435 Å². The van der Waals surface area contributed by atoms with Crippen LogP contribution in [0.3, 0.4) is 0 Å². The predicted molar refractivity (Wildman–Crippen MR) is 260 cm³/mol. The minimum atomic E-state index is -1.04. The maximum absolute atomic E-state index is 11.5. The number of ether oxygens (including phenoxy) is 10. The second-order valence-corrected chi connectivity index (χ2v) is 17.4. The molecule has 0 spiro atoms. The normalized spacial score (nSPS) is 10.2. The number of carbonyl (C=O) groups is 6. The third kappa shape index (κ3) is 31.5. The number of aromatic carboxylic acids is 1. The molecule has 3 amide bonds. The van der Waals surface area contributed by atoms with E-state index >= 15 is 0 Å². The summed E-state index contributed by atoms with van der Waals surface area (Å²) in [6.45, 7) is 17.7. The van der Waals surface area contributed by atoms with Gasteiger partial charge in [-0.3, -0.25) is 0 Å². The monoisotopic (exact) mass is 1070 g/mol. The van der Waals surface area contributed by atoms with E-state index in [1.807, 2.05) is 20.8 Å². The van der Waals surface area contributed by atoms with Crippen LogP contribution in [0.2, 0.25) is 0 Å². The Bertz CT molecular complexity index is 2100. The molecule has 0 saturated carbocycles. The summed E-state index contributed by atoms with van der Waals surface area (Å²) in [4.78, 5) is 67.1. The van der Waals surface area contributed by atoms with Gasteiger partial charge in [0.05, 0.1) is 65.3 Å². The molecule has 24 heteroatoms. The molecule has 3 rings (SSSR count). The number of hydrogen-bond donors (Lipinski definition) is 5. The van der Waals surface area contributed by atoms with Gasteiger partial charge in [0.2, 0.25) is 0 Å². The third-order valence-corrected chi connectivity index (χ3v) is 7.81. The van der Waals surface area contributed by atoms with Crippen molar-refractivity contribution in [2.45, 2.75) is 79.1 Å². The first-order valence-corrected chi connectivity index (χ1v) is 22.1. The van der Waals surface area contributed by atoms with Gasteiger partial charge < -0.3 is 79.0 Å². The number of methoxy groups -OCH3 is 5. The van der Waals surface area contributed by atoms with E-state index in [2.05, 4.69) is 41.4 Å². The molecule has 0 fully saturated rings. The van der Waals surface area contributed by atoms with Gasteiger partial charge in [-0.25, -0.2) is 28.8 Å². The SMILES string of the molecule is CC(C)(C)OC(=O)NCCBr.COC(=O)c1ccc(O)c(OC)c1.COC(=O)c1ccc(OCCNC(=O)OC(C)(C)C)c(OC)c1.COc1cc(C(=O)O)ccc1OCCNC(=O)OC(C)(C)C.[Li+].[OH-]. The van der Waals surface area contributed by atoms with Gasteiger partial charge in [0.15, 0.2) is 34.5 Å². The fourth-order valence-corrected chi connectivity index (χ4v) is 4.79. The van der Waals surface area contributed by atoms with Gasteiger partial charge in [0.25, 0.3) is 0 Å².